The predicted molar refractivity (Wildman–Crippen MR) is 103 cm³/mol. The first-order valence-corrected chi connectivity index (χ1v) is 9.28. The van der Waals surface area contributed by atoms with E-state index in [0.717, 1.165) is 12.1 Å². The normalized spacial score (nSPS) is 11.9. The molecule has 0 saturated carbocycles. The molecule has 0 aliphatic carbocycles. The molecule has 0 unspecified atom stereocenters. The molecule has 0 aliphatic heterocycles. The van der Waals surface area contributed by atoms with Gasteiger partial charge in [0.15, 0.2) is 0 Å². The van der Waals surface area contributed by atoms with E-state index in [1.807, 2.05) is 0 Å². The Morgan fingerprint density at radius 1 is 0.667 bits per heavy atom. The van der Waals surface area contributed by atoms with Crippen molar-refractivity contribution in [2.75, 3.05) is 6.61 Å². The molecule has 0 bridgehead atoms. The van der Waals surface area contributed by atoms with Crippen molar-refractivity contribution in [2.24, 2.45) is 0 Å². The Bertz CT molecular complexity index is 1160. The van der Waals surface area contributed by atoms with Crippen LogP contribution in [0, 0.1) is 34.9 Å². The van der Waals surface area contributed by atoms with E-state index in [0.29, 0.717) is 24.3 Å². The minimum atomic E-state index is -4.84. The minimum absolute atomic E-state index is 0.119. The van der Waals surface area contributed by atoms with Crippen LogP contribution in [-0.2, 0) is 0 Å². The smallest absolute Gasteiger partial charge is 0.409 e. The van der Waals surface area contributed by atoms with E-state index >= 15 is 0 Å². The summed E-state index contributed by atoms with van der Waals surface area (Å²) < 4.78 is 128. The van der Waals surface area contributed by atoms with E-state index < -0.39 is 75.0 Å². The molecule has 0 aliphatic rings. The highest BCUT2D eigenvalue weighted by Gasteiger charge is 2.24. The van der Waals surface area contributed by atoms with Crippen molar-refractivity contribution in [1.29, 1.82) is 0 Å². The van der Waals surface area contributed by atoms with Crippen molar-refractivity contribution in [3.8, 4) is 28.0 Å². The SMILES string of the molecule is CCOc1cc(F)c(-c2cc(F)c(-c3cc(F)c(/C=C/C(F)(F)F)c(F)c3)c(F)c2)c(F)c1. The summed E-state index contributed by atoms with van der Waals surface area (Å²) in [6, 6.07) is 3.66. The molecule has 174 valence electrons. The lowest BCUT2D eigenvalue weighted by molar-refractivity contribution is -0.0790. The summed E-state index contributed by atoms with van der Waals surface area (Å²) in [6.07, 6.45) is -5.09. The fourth-order valence-electron chi connectivity index (χ4n) is 3.13. The molecule has 10 heteroatoms. The number of benzene rings is 3. The monoisotopic (exact) mass is 476 g/mol. The maximum atomic E-state index is 14.7. The van der Waals surface area contributed by atoms with Gasteiger partial charge in [-0.2, -0.15) is 13.2 Å². The number of rotatable bonds is 5. The van der Waals surface area contributed by atoms with Crippen LogP contribution in [-0.4, -0.2) is 12.8 Å². The Morgan fingerprint density at radius 2 is 1.06 bits per heavy atom. The van der Waals surface area contributed by atoms with E-state index in [4.69, 9.17) is 4.74 Å². The largest absolute Gasteiger partial charge is 0.494 e. The molecule has 3 aromatic rings. The van der Waals surface area contributed by atoms with Gasteiger partial charge >= 0.3 is 6.18 Å². The van der Waals surface area contributed by atoms with Gasteiger partial charge in [0.25, 0.3) is 0 Å². The molecule has 3 aromatic carbocycles. The molecule has 1 nitrogen and oxygen atoms in total. The fourth-order valence-corrected chi connectivity index (χ4v) is 3.13. The number of hydrogen-bond acceptors (Lipinski definition) is 1. The van der Waals surface area contributed by atoms with Gasteiger partial charge in [-0.15, -0.1) is 0 Å². The molecular weight excluding hydrogens is 463 g/mol. The number of allylic oxidation sites excluding steroid dienone is 1. The van der Waals surface area contributed by atoms with E-state index in [2.05, 4.69) is 0 Å². The van der Waals surface area contributed by atoms with E-state index in [9.17, 15) is 39.5 Å². The van der Waals surface area contributed by atoms with Gasteiger partial charge in [-0.3, -0.25) is 0 Å². The van der Waals surface area contributed by atoms with Crippen molar-refractivity contribution in [3.05, 3.63) is 82.9 Å². The Kier molecular flexibility index (Phi) is 6.76. The van der Waals surface area contributed by atoms with Crippen molar-refractivity contribution in [1.82, 2.24) is 0 Å². The van der Waals surface area contributed by atoms with E-state index in [1.54, 1.807) is 6.92 Å². The molecule has 0 aromatic heterocycles. The molecule has 0 spiro atoms. The zero-order valence-electron chi connectivity index (χ0n) is 16.6. The van der Waals surface area contributed by atoms with Gasteiger partial charge < -0.3 is 4.74 Å². The van der Waals surface area contributed by atoms with Gasteiger partial charge in [-0.05, 0) is 48.4 Å². The molecule has 3 rings (SSSR count). The topological polar surface area (TPSA) is 9.23 Å². The Balaban J connectivity index is 2.07. The first kappa shape index (κ1) is 24.2. The Hall–Kier alpha value is -3.43. The van der Waals surface area contributed by atoms with Gasteiger partial charge in [-0.1, -0.05) is 0 Å². The molecule has 33 heavy (non-hydrogen) atoms. The molecule has 0 radical (unpaired) electrons. The maximum Gasteiger partial charge on any atom is 0.409 e. The average Bonchev–Trinajstić information content (AvgIpc) is 2.65. The van der Waals surface area contributed by atoms with Gasteiger partial charge in [0.05, 0.1) is 17.7 Å². The Morgan fingerprint density at radius 3 is 1.45 bits per heavy atom. The lowest BCUT2D eigenvalue weighted by Crippen LogP contribution is -2.02. The molecule has 0 N–H and O–H groups in total. The van der Waals surface area contributed by atoms with Gasteiger partial charge in [-0.25, -0.2) is 26.3 Å². The Labute approximate surface area is 181 Å². The lowest BCUT2D eigenvalue weighted by Gasteiger charge is -2.12. The lowest BCUT2D eigenvalue weighted by atomic mass is 9.97. The highest BCUT2D eigenvalue weighted by atomic mass is 19.4. The minimum Gasteiger partial charge on any atom is -0.494 e. The first-order chi connectivity index (χ1) is 15.4. The highest BCUT2D eigenvalue weighted by molar-refractivity contribution is 5.73. The van der Waals surface area contributed by atoms with Crippen LogP contribution in [0.15, 0.2) is 42.5 Å². The number of ether oxygens (including phenoxy) is 1. The molecule has 0 atom stereocenters. The van der Waals surface area contributed by atoms with Crippen LogP contribution in [0.5, 0.6) is 5.75 Å². The third-order valence-corrected chi connectivity index (χ3v) is 4.46. The molecule has 0 heterocycles. The number of halogens is 9. The zero-order valence-corrected chi connectivity index (χ0v) is 16.6. The summed E-state index contributed by atoms with van der Waals surface area (Å²) in [4.78, 5) is 0. The predicted octanol–water partition coefficient (Wildman–Crippen LogP) is 7.83. The van der Waals surface area contributed by atoms with E-state index in [1.165, 1.54) is 0 Å². The fraction of sp³-hybridized carbons (Fsp3) is 0.130. The molecular formula is C23H13F9O. The third-order valence-electron chi connectivity index (χ3n) is 4.46. The summed E-state index contributed by atoms with van der Waals surface area (Å²) in [5, 5.41) is 0. The second-order valence-electron chi connectivity index (χ2n) is 6.74. The van der Waals surface area contributed by atoms with E-state index in [-0.39, 0.29) is 18.4 Å². The van der Waals surface area contributed by atoms with Crippen molar-refractivity contribution >= 4 is 6.08 Å². The van der Waals surface area contributed by atoms with Crippen LogP contribution in [0.1, 0.15) is 12.5 Å². The summed E-state index contributed by atoms with van der Waals surface area (Å²) in [5.41, 5.74) is -3.95. The van der Waals surface area contributed by atoms with Crippen LogP contribution < -0.4 is 4.74 Å². The molecule has 0 saturated heterocycles. The average molecular weight is 476 g/mol. The second-order valence-corrected chi connectivity index (χ2v) is 6.74. The summed E-state index contributed by atoms with van der Waals surface area (Å²) in [7, 11) is 0. The van der Waals surface area contributed by atoms with Gasteiger partial charge in [0, 0.05) is 23.8 Å². The molecule has 0 fully saturated rings. The van der Waals surface area contributed by atoms with Crippen LogP contribution in [0.25, 0.3) is 28.3 Å². The zero-order chi connectivity index (χ0) is 24.5. The first-order valence-electron chi connectivity index (χ1n) is 9.28. The second kappa shape index (κ2) is 9.21. The van der Waals surface area contributed by atoms with Crippen LogP contribution >= 0.6 is 0 Å². The van der Waals surface area contributed by atoms with Gasteiger partial charge in [0.2, 0.25) is 0 Å². The van der Waals surface area contributed by atoms with Crippen molar-refractivity contribution < 1.29 is 44.3 Å². The third kappa shape index (κ3) is 5.32. The summed E-state index contributed by atoms with van der Waals surface area (Å²) >= 11 is 0. The standard InChI is InChI=1S/C23H13F9O/c1-2-33-13-9-19(28)22(20(29)10-13)12-7-17(26)21(18(27)8-12)11-5-15(24)14(16(25)6-11)3-4-23(30,31)32/h3-10H,2H2,1H3/b4-3+. The van der Waals surface area contributed by atoms with Gasteiger partial charge in [0.1, 0.15) is 40.7 Å². The summed E-state index contributed by atoms with van der Waals surface area (Å²) in [5.74, 6) is -8.29. The van der Waals surface area contributed by atoms with Crippen molar-refractivity contribution in [2.45, 2.75) is 13.1 Å². The maximum absolute atomic E-state index is 14.7. The summed E-state index contributed by atoms with van der Waals surface area (Å²) in [6.45, 7) is 1.70. The van der Waals surface area contributed by atoms with Crippen LogP contribution in [0.3, 0.4) is 0 Å². The van der Waals surface area contributed by atoms with Crippen LogP contribution in [0.4, 0.5) is 39.5 Å². The highest BCUT2D eigenvalue weighted by Crippen LogP contribution is 2.36. The number of hydrogen-bond donors (Lipinski definition) is 0. The quantitative estimate of drug-likeness (QED) is 0.341. The molecule has 0 amide bonds. The van der Waals surface area contributed by atoms with Crippen LogP contribution in [0.2, 0.25) is 0 Å². The number of alkyl halides is 3. The van der Waals surface area contributed by atoms with Crippen molar-refractivity contribution in [3.63, 3.8) is 0 Å².